The first-order valence-electron chi connectivity index (χ1n) is 6.34. The van der Waals surface area contributed by atoms with Crippen LogP contribution in [0.3, 0.4) is 0 Å². The summed E-state index contributed by atoms with van der Waals surface area (Å²) in [5.74, 6) is 0.811. The van der Waals surface area contributed by atoms with Crippen LogP contribution in [0.5, 0.6) is 5.75 Å². The molecular weight excluding hydrogens is 212 g/mol. The highest BCUT2D eigenvalue weighted by Gasteiger charge is 2.13. The molecular formula is C15H24O2. The van der Waals surface area contributed by atoms with Crippen LogP contribution in [0, 0.1) is 5.41 Å². The van der Waals surface area contributed by atoms with Crippen molar-refractivity contribution in [3.05, 3.63) is 29.8 Å². The Labute approximate surface area is 105 Å². The third-order valence-electron chi connectivity index (χ3n) is 2.77. The van der Waals surface area contributed by atoms with Crippen LogP contribution < -0.4 is 4.74 Å². The molecule has 0 fully saturated rings. The Morgan fingerprint density at radius 3 is 2.47 bits per heavy atom. The van der Waals surface area contributed by atoms with Gasteiger partial charge in [-0.3, -0.25) is 0 Å². The van der Waals surface area contributed by atoms with Gasteiger partial charge in [0.25, 0.3) is 0 Å². The molecule has 0 radical (unpaired) electrons. The maximum Gasteiger partial charge on any atom is 0.125 e. The summed E-state index contributed by atoms with van der Waals surface area (Å²) in [4.78, 5) is 0. The summed E-state index contributed by atoms with van der Waals surface area (Å²) < 4.78 is 5.78. The van der Waals surface area contributed by atoms with E-state index in [0.717, 1.165) is 17.7 Å². The number of hydrogen-bond donors (Lipinski definition) is 1. The van der Waals surface area contributed by atoms with Gasteiger partial charge in [-0.25, -0.2) is 0 Å². The van der Waals surface area contributed by atoms with Crippen LogP contribution in [0.25, 0.3) is 0 Å². The van der Waals surface area contributed by atoms with Crippen molar-refractivity contribution in [2.24, 2.45) is 5.41 Å². The van der Waals surface area contributed by atoms with Crippen LogP contribution in [0.15, 0.2) is 24.3 Å². The molecule has 0 spiro atoms. The van der Waals surface area contributed by atoms with Crippen LogP contribution >= 0.6 is 0 Å². The number of ether oxygens (including phenoxy) is 1. The predicted octanol–water partition coefficient (Wildman–Crippen LogP) is 3.95. The molecule has 0 aliphatic rings. The average molecular weight is 236 g/mol. The fourth-order valence-electron chi connectivity index (χ4n) is 1.57. The van der Waals surface area contributed by atoms with E-state index in [0.29, 0.717) is 13.0 Å². The zero-order valence-corrected chi connectivity index (χ0v) is 11.4. The third kappa shape index (κ3) is 4.78. The van der Waals surface area contributed by atoms with Gasteiger partial charge in [-0.2, -0.15) is 0 Å². The lowest BCUT2D eigenvalue weighted by Gasteiger charge is -2.20. The predicted molar refractivity (Wildman–Crippen MR) is 71.3 cm³/mol. The van der Waals surface area contributed by atoms with Gasteiger partial charge < -0.3 is 9.84 Å². The van der Waals surface area contributed by atoms with Crippen LogP contribution in [-0.4, -0.2) is 11.7 Å². The molecule has 0 aliphatic heterocycles. The molecule has 0 saturated carbocycles. The molecule has 0 bridgehead atoms. The van der Waals surface area contributed by atoms with Gasteiger partial charge >= 0.3 is 0 Å². The summed E-state index contributed by atoms with van der Waals surface area (Å²) in [5.41, 5.74) is 1.17. The van der Waals surface area contributed by atoms with E-state index in [1.165, 1.54) is 0 Å². The van der Waals surface area contributed by atoms with Gasteiger partial charge in [0.15, 0.2) is 0 Å². The normalized spacial score (nSPS) is 13.5. The number of para-hydroxylation sites is 1. The Balaban J connectivity index is 2.64. The summed E-state index contributed by atoms with van der Waals surface area (Å²) in [6.45, 7) is 9.25. The first-order chi connectivity index (χ1) is 7.94. The van der Waals surface area contributed by atoms with E-state index < -0.39 is 6.10 Å². The van der Waals surface area contributed by atoms with Crippen molar-refractivity contribution in [3.8, 4) is 5.75 Å². The summed E-state index contributed by atoms with van der Waals surface area (Å²) in [6, 6.07) is 7.74. The van der Waals surface area contributed by atoms with Crippen molar-refractivity contribution in [2.45, 2.75) is 46.6 Å². The average Bonchev–Trinajstić information content (AvgIpc) is 2.27. The van der Waals surface area contributed by atoms with Gasteiger partial charge in [0, 0.05) is 5.56 Å². The minimum absolute atomic E-state index is 0.276. The summed E-state index contributed by atoms with van der Waals surface area (Å²) in [5, 5.41) is 9.89. The lowest BCUT2D eigenvalue weighted by Crippen LogP contribution is -2.12. The number of benzene rings is 1. The fraction of sp³-hybridized carbons (Fsp3) is 0.600. The first-order valence-corrected chi connectivity index (χ1v) is 6.34. The van der Waals surface area contributed by atoms with Crippen molar-refractivity contribution >= 4 is 0 Å². The Bertz CT molecular complexity index is 339. The molecule has 1 unspecified atom stereocenters. The minimum atomic E-state index is -0.430. The van der Waals surface area contributed by atoms with Crippen LogP contribution in [-0.2, 0) is 0 Å². The summed E-state index contributed by atoms with van der Waals surface area (Å²) in [7, 11) is 0. The topological polar surface area (TPSA) is 29.5 Å². The second-order valence-corrected chi connectivity index (χ2v) is 5.62. The molecule has 0 aromatic heterocycles. The Kier molecular flexibility index (Phi) is 5.01. The molecule has 1 atom stereocenters. The van der Waals surface area contributed by atoms with Crippen LogP contribution in [0.2, 0.25) is 0 Å². The largest absolute Gasteiger partial charge is 0.493 e. The van der Waals surface area contributed by atoms with Crippen molar-refractivity contribution in [1.29, 1.82) is 0 Å². The van der Waals surface area contributed by atoms with Crippen molar-refractivity contribution in [3.63, 3.8) is 0 Å². The Morgan fingerprint density at radius 1 is 1.24 bits per heavy atom. The maximum atomic E-state index is 9.89. The molecule has 0 heterocycles. The molecule has 1 rings (SSSR count). The summed E-state index contributed by atoms with van der Waals surface area (Å²) in [6.07, 6.45) is 1.28. The number of aliphatic hydroxyl groups is 1. The molecule has 96 valence electrons. The highest BCUT2D eigenvalue weighted by atomic mass is 16.5. The number of hydrogen-bond acceptors (Lipinski definition) is 2. The lowest BCUT2D eigenvalue weighted by molar-refractivity contribution is 0.164. The van der Waals surface area contributed by atoms with E-state index in [1.54, 1.807) is 0 Å². The molecule has 17 heavy (non-hydrogen) atoms. The van der Waals surface area contributed by atoms with E-state index in [2.05, 4.69) is 20.8 Å². The van der Waals surface area contributed by atoms with E-state index in [9.17, 15) is 5.11 Å². The van der Waals surface area contributed by atoms with E-state index in [4.69, 9.17) is 4.74 Å². The fourth-order valence-corrected chi connectivity index (χ4v) is 1.57. The van der Waals surface area contributed by atoms with Gasteiger partial charge in [-0.1, -0.05) is 45.9 Å². The van der Waals surface area contributed by atoms with Crippen LogP contribution in [0.4, 0.5) is 0 Å². The highest BCUT2D eigenvalue weighted by molar-refractivity contribution is 5.34. The standard InChI is InChI=1S/C15H24O2/c1-5-13(16)12-8-6-7-9-14(12)17-11-10-15(2,3)4/h6-9,13,16H,5,10-11H2,1-4H3. The van der Waals surface area contributed by atoms with Crippen molar-refractivity contribution < 1.29 is 9.84 Å². The number of aliphatic hydroxyl groups excluding tert-OH is 1. The van der Waals surface area contributed by atoms with E-state index in [-0.39, 0.29) is 5.41 Å². The molecule has 2 nitrogen and oxygen atoms in total. The molecule has 2 heteroatoms. The first kappa shape index (κ1) is 14.0. The molecule has 0 aliphatic carbocycles. The van der Waals surface area contributed by atoms with E-state index >= 15 is 0 Å². The van der Waals surface area contributed by atoms with E-state index in [1.807, 2.05) is 31.2 Å². The second-order valence-electron chi connectivity index (χ2n) is 5.62. The molecule has 1 aromatic carbocycles. The van der Waals surface area contributed by atoms with Crippen molar-refractivity contribution in [1.82, 2.24) is 0 Å². The molecule has 0 amide bonds. The lowest BCUT2D eigenvalue weighted by atomic mass is 9.93. The van der Waals surface area contributed by atoms with Gasteiger partial charge in [-0.05, 0) is 24.3 Å². The summed E-state index contributed by atoms with van der Waals surface area (Å²) >= 11 is 0. The highest BCUT2D eigenvalue weighted by Crippen LogP contribution is 2.27. The molecule has 1 N–H and O–H groups in total. The molecule has 0 saturated heterocycles. The Morgan fingerprint density at radius 2 is 1.88 bits per heavy atom. The SMILES string of the molecule is CCC(O)c1ccccc1OCCC(C)(C)C. The zero-order valence-electron chi connectivity index (χ0n) is 11.4. The third-order valence-corrected chi connectivity index (χ3v) is 2.77. The zero-order chi connectivity index (χ0) is 12.9. The second kappa shape index (κ2) is 6.06. The van der Waals surface area contributed by atoms with Gasteiger partial charge in [0.1, 0.15) is 5.75 Å². The number of rotatable bonds is 5. The Hall–Kier alpha value is -1.02. The van der Waals surface area contributed by atoms with Gasteiger partial charge in [0.05, 0.1) is 12.7 Å². The van der Waals surface area contributed by atoms with Crippen molar-refractivity contribution in [2.75, 3.05) is 6.61 Å². The van der Waals surface area contributed by atoms with Gasteiger partial charge in [-0.15, -0.1) is 0 Å². The van der Waals surface area contributed by atoms with Crippen LogP contribution in [0.1, 0.15) is 52.2 Å². The van der Waals surface area contributed by atoms with Gasteiger partial charge in [0.2, 0.25) is 0 Å². The minimum Gasteiger partial charge on any atom is -0.493 e. The smallest absolute Gasteiger partial charge is 0.125 e. The molecule has 1 aromatic rings. The quantitative estimate of drug-likeness (QED) is 0.839. The monoisotopic (exact) mass is 236 g/mol. The maximum absolute atomic E-state index is 9.89.